The molecule has 2 aromatic rings. The molecule has 22 heavy (non-hydrogen) atoms. The molecule has 0 saturated carbocycles. The van der Waals surface area contributed by atoms with Crippen LogP contribution in [0.4, 0.5) is 0 Å². The van der Waals surface area contributed by atoms with E-state index in [1.54, 1.807) is 0 Å². The largest absolute Gasteiger partial charge is 0.508 e. The molecule has 0 aliphatic heterocycles. The summed E-state index contributed by atoms with van der Waals surface area (Å²) in [7, 11) is 0. The van der Waals surface area contributed by atoms with Crippen molar-refractivity contribution in [1.82, 2.24) is 0 Å². The van der Waals surface area contributed by atoms with E-state index < -0.39 is 0 Å². The van der Waals surface area contributed by atoms with Crippen LogP contribution in [0.2, 0.25) is 0 Å². The molecule has 1 nitrogen and oxygen atoms in total. The van der Waals surface area contributed by atoms with E-state index in [1.165, 1.54) is 24.0 Å². The second-order valence-corrected chi connectivity index (χ2v) is 6.78. The van der Waals surface area contributed by atoms with Crippen LogP contribution in [0, 0.1) is 0 Å². The summed E-state index contributed by atoms with van der Waals surface area (Å²) in [4.78, 5) is 0. The highest BCUT2D eigenvalue weighted by atomic mass is 16.3. The highest BCUT2D eigenvalue weighted by Gasteiger charge is 2.30. The highest BCUT2D eigenvalue weighted by molar-refractivity contribution is 5.51. The van der Waals surface area contributed by atoms with Gasteiger partial charge in [0.2, 0.25) is 0 Å². The summed E-state index contributed by atoms with van der Waals surface area (Å²) in [5.41, 5.74) is 3.38. The van der Waals surface area contributed by atoms with Crippen LogP contribution < -0.4 is 0 Å². The molecular formula is C21H28O. The van der Waals surface area contributed by atoms with Gasteiger partial charge in [0.1, 0.15) is 5.75 Å². The lowest BCUT2D eigenvalue weighted by Crippen LogP contribution is -2.22. The van der Waals surface area contributed by atoms with Crippen LogP contribution in [0.15, 0.2) is 48.5 Å². The lowest BCUT2D eigenvalue weighted by atomic mass is 9.73. The molecule has 2 aromatic carbocycles. The van der Waals surface area contributed by atoms with Crippen LogP contribution in [0.25, 0.3) is 0 Å². The molecule has 2 rings (SSSR count). The van der Waals surface area contributed by atoms with Crippen LogP contribution in [0.5, 0.6) is 5.75 Å². The number of rotatable bonds is 6. The first-order chi connectivity index (χ1) is 10.5. The van der Waals surface area contributed by atoms with Crippen LogP contribution in [0.3, 0.4) is 0 Å². The zero-order valence-electron chi connectivity index (χ0n) is 14.3. The maximum absolute atomic E-state index is 10.6. The first-order valence-corrected chi connectivity index (χ1v) is 8.36. The zero-order valence-corrected chi connectivity index (χ0v) is 14.3. The molecule has 0 amide bonds. The normalized spacial score (nSPS) is 13.1. The maximum atomic E-state index is 10.6. The molecule has 1 N–H and O–H groups in total. The van der Waals surface area contributed by atoms with Gasteiger partial charge in [-0.25, -0.2) is 0 Å². The van der Waals surface area contributed by atoms with Crippen molar-refractivity contribution in [2.75, 3.05) is 0 Å². The summed E-state index contributed by atoms with van der Waals surface area (Å²) < 4.78 is 0. The molecule has 0 radical (unpaired) electrons. The molecule has 118 valence electrons. The van der Waals surface area contributed by atoms with E-state index in [0.29, 0.717) is 11.7 Å². The van der Waals surface area contributed by atoms with Crippen LogP contribution in [0.1, 0.15) is 69.6 Å². The van der Waals surface area contributed by atoms with Crippen molar-refractivity contribution in [2.24, 2.45) is 0 Å². The molecule has 1 atom stereocenters. The summed E-state index contributed by atoms with van der Waals surface area (Å²) in [5.74, 6) is 0.875. The quantitative estimate of drug-likeness (QED) is 0.692. The zero-order chi connectivity index (χ0) is 16.2. The second kappa shape index (κ2) is 7.00. The minimum Gasteiger partial charge on any atom is -0.508 e. The molecule has 0 spiro atoms. The smallest absolute Gasteiger partial charge is 0.119 e. The lowest BCUT2D eigenvalue weighted by molar-refractivity contribution is 0.448. The molecule has 0 aliphatic rings. The number of unbranched alkanes of at least 4 members (excludes halogenated alkanes) is 1. The van der Waals surface area contributed by atoms with Gasteiger partial charge in [0.25, 0.3) is 0 Å². The van der Waals surface area contributed by atoms with Gasteiger partial charge < -0.3 is 5.11 Å². The monoisotopic (exact) mass is 296 g/mol. The predicted octanol–water partition coefficient (Wildman–Crippen LogP) is 6.01. The standard InChI is InChI=1S/C21H28O/c1-5-6-11-16(2)18-14-10-15-19(22)20(18)21(3,4)17-12-8-7-9-13-17/h7-10,12-16,22H,5-6,11H2,1-4H3. The van der Waals surface area contributed by atoms with E-state index in [2.05, 4.69) is 58.0 Å². The van der Waals surface area contributed by atoms with Crippen molar-refractivity contribution >= 4 is 0 Å². The average molecular weight is 296 g/mol. The number of hydrogen-bond acceptors (Lipinski definition) is 1. The molecule has 0 heterocycles. The summed E-state index contributed by atoms with van der Waals surface area (Å²) in [6.45, 7) is 8.90. The van der Waals surface area contributed by atoms with Gasteiger partial charge in [-0.3, -0.25) is 0 Å². The van der Waals surface area contributed by atoms with Crippen LogP contribution in [-0.4, -0.2) is 5.11 Å². The molecule has 0 aromatic heterocycles. The highest BCUT2D eigenvalue weighted by Crippen LogP contribution is 2.42. The second-order valence-electron chi connectivity index (χ2n) is 6.78. The first-order valence-electron chi connectivity index (χ1n) is 8.36. The van der Waals surface area contributed by atoms with Gasteiger partial charge in [0.15, 0.2) is 0 Å². The van der Waals surface area contributed by atoms with Crippen LogP contribution >= 0.6 is 0 Å². The third-order valence-corrected chi connectivity index (χ3v) is 4.72. The predicted molar refractivity (Wildman–Crippen MR) is 94.6 cm³/mol. The van der Waals surface area contributed by atoms with E-state index in [4.69, 9.17) is 0 Å². The number of phenols is 1. The topological polar surface area (TPSA) is 20.2 Å². The summed E-state index contributed by atoms with van der Waals surface area (Å²) in [6.07, 6.45) is 3.60. The third-order valence-electron chi connectivity index (χ3n) is 4.72. The Labute approximate surface area is 135 Å². The molecule has 0 fully saturated rings. The fourth-order valence-electron chi connectivity index (χ4n) is 3.31. The Balaban J connectivity index is 2.50. The summed E-state index contributed by atoms with van der Waals surface area (Å²) in [5, 5.41) is 10.6. The van der Waals surface area contributed by atoms with Crippen molar-refractivity contribution < 1.29 is 5.11 Å². The van der Waals surface area contributed by atoms with Gasteiger partial charge in [0, 0.05) is 11.0 Å². The maximum Gasteiger partial charge on any atom is 0.119 e. The van der Waals surface area contributed by atoms with Crippen molar-refractivity contribution in [3.05, 3.63) is 65.2 Å². The van der Waals surface area contributed by atoms with Gasteiger partial charge in [-0.05, 0) is 29.5 Å². The van der Waals surface area contributed by atoms with Gasteiger partial charge in [-0.15, -0.1) is 0 Å². The third kappa shape index (κ3) is 3.35. The number of aromatic hydroxyl groups is 1. The van der Waals surface area contributed by atoms with Gasteiger partial charge in [-0.2, -0.15) is 0 Å². The van der Waals surface area contributed by atoms with Crippen LogP contribution in [-0.2, 0) is 5.41 Å². The fraction of sp³-hybridized carbons (Fsp3) is 0.429. The Morgan fingerprint density at radius 3 is 2.32 bits per heavy atom. The average Bonchev–Trinajstić information content (AvgIpc) is 2.53. The molecule has 1 heteroatoms. The Morgan fingerprint density at radius 2 is 1.68 bits per heavy atom. The summed E-state index contributed by atoms with van der Waals surface area (Å²) >= 11 is 0. The Morgan fingerprint density at radius 1 is 1.00 bits per heavy atom. The number of phenolic OH excluding ortho intramolecular Hbond substituents is 1. The molecule has 0 bridgehead atoms. The Bertz CT molecular complexity index is 599. The van der Waals surface area contributed by atoms with Crippen molar-refractivity contribution in [1.29, 1.82) is 0 Å². The van der Waals surface area contributed by atoms with Gasteiger partial charge in [-0.1, -0.05) is 83.0 Å². The number of benzene rings is 2. The Kier molecular flexibility index (Phi) is 5.28. The fourth-order valence-corrected chi connectivity index (χ4v) is 3.31. The number of hydrogen-bond donors (Lipinski definition) is 1. The molecule has 0 aliphatic carbocycles. The van der Waals surface area contributed by atoms with E-state index in [0.717, 1.165) is 12.0 Å². The first kappa shape index (κ1) is 16.6. The van der Waals surface area contributed by atoms with Gasteiger partial charge in [0.05, 0.1) is 0 Å². The van der Waals surface area contributed by atoms with Crippen molar-refractivity contribution in [3.8, 4) is 5.75 Å². The van der Waals surface area contributed by atoms with E-state index in [1.807, 2.05) is 18.2 Å². The molecular weight excluding hydrogens is 268 g/mol. The van der Waals surface area contributed by atoms with Crippen molar-refractivity contribution in [2.45, 2.75) is 58.3 Å². The minimum absolute atomic E-state index is 0.206. The van der Waals surface area contributed by atoms with E-state index in [-0.39, 0.29) is 5.41 Å². The molecule has 0 saturated heterocycles. The Hall–Kier alpha value is -1.76. The SMILES string of the molecule is CCCCC(C)c1cccc(O)c1C(C)(C)c1ccccc1. The summed E-state index contributed by atoms with van der Waals surface area (Å²) in [6, 6.07) is 16.4. The molecule has 1 unspecified atom stereocenters. The lowest BCUT2D eigenvalue weighted by Gasteiger charge is -2.31. The van der Waals surface area contributed by atoms with Gasteiger partial charge >= 0.3 is 0 Å². The minimum atomic E-state index is -0.206. The van der Waals surface area contributed by atoms with E-state index >= 15 is 0 Å². The van der Waals surface area contributed by atoms with E-state index in [9.17, 15) is 5.11 Å². The van der Waals surface area contributed by atoms with Crippen molar-refractivity contribution in [3.63, 3.8) is 0 Å².